The van der Waals surface area contributed by atoms with Gasteiger partial charge in [0.1, 0.15) is 0 Å². The lowest BCUT2D eigenvalue weighted by Crippen LogP contribution is -2.26. The van der Waals surface area contributed by atoms with Crippen molar-refractivity contribution in [1.29, 1.82) is 0 Å². The lowest BCUT2D eigenvalue weighted by atomic mass is 9.68. The molecule has 0 bridgehead atoms. The second-order valence-electron chi connectivity index (χ2n) is 13.4. The zero-order chi connectivity index (χ0) is 32.8. The van der Waals surface area contributed by atoms with E-state index < -0.39 is 5.41 Å². The second kappa shape index (κ2) is 10.5. The minimum atomic E-state index is -0.459. The van der Waals surface area contributed by atoms with Crippen LogP contribution in [0.1, 0.15) is 22.3 Å². The van der Waals surface area contributed by atoms with Crippen molar-refractivity contribution >= 4 is 32.3 Å². The molecule has 0 N–H and O–H groups in total. The van der Waals surface area contributed by atoms with Crippen molar-refractivity contribution in [3.05, 3.63) is 198 Å². The molecule has 1 nitrogen and oxygen atoms in total. The standard InChI is InChI=1S/C48H29NS/c1-2-13-30(14-3-1)31-25-27-32(28-26-31)39-29-43(49-42-23-10-6-17-35(39)42)36-19-12-20-38-45(36)48(46-37-18-7-11-24-44(37)50-47(38)46)40-21-8-4-15-33(40)34-16-5-9-22-41(34)48/h1-29H. The maximum atomic E-state index is 5.45. The lowest BCUT2D eigenvalue weighted by molar-refractivity contribution is 0.804. The first-order chi connectivity index (χ1) is 24.8. The van der Waals surface area contributed by atoms with Gasteiger partial charge in [-0.05, 0) is 84.8 Å². The fraction of sp³-hybridized carbons (Fsp3) is 0.0208. The fourth-order valence-electron chi connectivity index (χ4n) is 8.89. The third-order valence-corrected chi connectivity index (χ3v) is 12.1. The summed E-state index contributed by atoms with van der Waals surface area (Å²) < 4.78 is 1.33. The van der Waals surface area contributed by atoms with Crippen LogP contribution in [0.3, 0.4) is 0 Å². The fourth-order valence-corrected chi connectivity index (χ4v) is 10.2. The van der Waals surface area contributed by atoms with Crippen LogP contribution in [0.5, 0.6) is 0 Å². The Morgan fingerprint density at radius 1 is 0.400 bits per heavy atom. The Morgan fingerprint density at radius 2 is 0.980 bits per heavy atom. The van der Waals surface area contributed by atoms with Crippen molar-refractivity contribution in [2.75, 3.05) is 0 Å². The molecule has 0 saturated heterocycles. The average molecular weight is 652 g/mol. The average Bonchev–Trinajstić information content (AvgIpc) is 3.82. The van der Waals surface area contributed by atoms with Crippen LogP contribution >= 0.6 is 11.3 Å². The quantitative estimate of drug-likeness (QED) is 0.185. The minimum Gasteiger partial charge on any atom is -0.248 e. The van der Waals surface area contributed by atoms with Gasteiger partial charge in [-0.25, -0.2) is 4.98 Å². The molecule has 232 valence electrons. The van der Waals surface area contributed by atoms with E-state index in [0.29, 0.717) is 0 Å². The van der Waals surface area contributed by atoms with E-state index in [2.05, 4.69) is 176 Å². The number of benzene rings is 7. The molecule has 0 fully saturated rings. The zero-order valence-corrected chi connectivity index (χ0v) is 27.9. The van der Waals surface area contributed by atoms with Gasteiger partial charge >= 0.3 is 0 Å². The Kier molecular flexibility index (Phi) is 5.82. The molecule has 2 aromatic heterocycles. The van der Waals surface area contributed by atoms with Crippen molar-refractivity contribution in [1.82, 2.24) is 4.98 Å². The molecule has 9 aromatic rings. The Bertz CT molecular complexity index is 2760. The van der Waals surface area contributed by atoms with Gasteiger partial charge in [0.15, 0.2) is 0 Å². The summed E-state index contributed by atoms with van der Waals surface area (Å²) in [5.74, 6) is 0. The molecule has 0 amide bonds. The Balaban J connectivity index is 1.21. The Hall–Kier alpha value is -6.09. The highest BCUT2D eigenvalue weighted by Crippen LogP contribution is 2.67. The summed E-state index contributed by atoms with van der Waals surface area (Å²) >= 11 is 1.92. The van der Waals surface area contributed by atoms with Crippen molar-refractivity contribution in [2.45, 2.75) is 5.41 Å². The number of hydrogen-bond acceptors (Lipinski definition) is 2. The number of nitrogens with zero attached hydrogens (tertiary/aromatic N) is 1. The molecular formula is C48H29NS. The number of thiophene rings is 1. The number of fused-ring (bicyclic) bond motifs is 13. The first-order valence-corrected chi connectivity index (χ1v) is 18.0. The highest BCUT2D eigenvalue weighted by Gasteiger charge is 2.54. The molecule has 0 saturated carbocycles. The molecule has 50 heavy (non-hydrogen) atoms. The zero-order valence-electron chi connectivity index (χ0n) is 27.1. The predicted molar refractivity (Wildman–Crippen MR) is 210 cm³/mol. The first-order valence-electron chi connectivity index (χ1n) is 17.2. The maximum absolute atomic E-state index is 5.45. The summed E-state index contributed by atoms with van der Waals surface area (Å²) in [6, 6.07) is 64.5. The highest BCUT2D eigenvalue weighted by atomic mass is 32.1. The van der Waals surface area contributed by atoms with E-state index >= 15 is 0 Å². The molecule has 11 rings (SSSR count). The summed E-state index contributed by atoms with van der Waals surface area (Å²) in [5, 5.41) is 2.50. The highest BCUT2D eigenvalue weighted by molar-refractivity contribution is 7.22. The van der Waals surface area contributed by atoms with E-state index in [4.69, 9.17) is 4.98 Å². The summed E-state index contributed by atoms with van der Waals surface area (Å²) in [7, 11) is 0. The van der Waals surface area contributed by atoms with Crippen molar-refractivity contribution in [2.24, 2.45) is 0 Å². The third-order valence-electron chi connectivity index (χ3n) is 10.9. The molecule has 0 atom stereocenters. The minimum absolute atomic E-state index is 0.459. The Labute approximate surface area is 294 Å². The van der Waals surface area contributed by atoms with Gasteiger partial charge in [-0.15, -0.1) is 11.3 Å². The van der Waals surface area contributed by atoms with Crippen LogP contribution in [0.25, 0.3) is 76.1 Å². The third kappa shape index (κ3) is 3.69. The normalized spacial score (nSPS) is 13.4. The van der Waals surface area contributed by atoms with Gasteiger partial charge in [0.25, 0.3) is 0 Å². The van der Waals surface area contributed by atoms with Gasteiger partial charge in [-0.3, -0.25) is 0 Å². The summed E-state index contributed by atoms with van der Waals surface area (Å²) in [5.41, 5.74) is 17.0. The Morgan fingerprint density at radius 3 is 1.76 bits per heavy atom. The topological polar surface area (TPSA) is 12.9 Å². The number of aromatic nitrogens is 1. The first kappa shape index (κ1) is 27.8. The number of pyridine rings is 1. The van der Waals surface area contributed by atoms with Crippen molar-refractivity contribution in [3.63, 3.8) is 0 Å². The number of rotatable bonds is 3. The van der Waals surface area contributed by atoms with Crippen LogP contribution < -0.4 is 0 Å². The van der Waals surface area contributed by atoms with Crippen molar-refractivity contribution in [3.8, 4) is 55.1 Å². The van der Waals surface area contributed by atoms with Gasteiger partial charge in [0.05, 0.1) is 16.6 Å². The van der Waals surface area contributed by atoms with Crippen LogP contribution in [0.15, 0.2) is 176 Å². The number of hydrogen-bond donors (Lipinski definition) is 0. The van der Waals surface area contributed by atoms with E-state index in [-0.39, 0.29) is 0 Å². The molecule has 0 aliphatic heterocycles. The molecule has 0 unspecified atom stereocenters. The van der Waals surface area contributed by atoms with Crippen LogP contribution in [-0.2, 0) is 5.41 Å². The van der Waals surface area contributed by atoms with E-state index in [1.165, 1.54) is 81.7 Å². The van der Waals surface area contributed by atoms with Gasteiger partial charge in [-0.2, -0.15) is 0 Å². The summed E-state index contributed by atoms with van der Waals surface area (Å²) in [4.78, 5) is 6.82. The molecule has 2 aliphatic carbocycles. The van der Waals surface area contributed by atoms with Crippen LogP contribution in [-0.4, -0.2) is 4.98 Å². The molecular weight excluding hydrogens is 623 g/mol. The molecule has 2 aliphatic rings. The predicted octanol–water partition coefficient (Wildman–Crippen LogP) is 12.8. The van der Waals surface area contributed by atoms with Crippen LogP contribution in [0, 0.1) is 0 Å². The van der Waals surface area contributed by atoms with Gasteiger partial charge in [-0.1, -0.05) is 158 Å². The van der Waals surface area contributed by atoms with Gasteiger partial charge in [0, 0.05) is 20.5 Å². The monoisotopic (exact) mass is 651 g/mol. The smallest absolute Gasteiger partial charge is 0.0746 e. The van der Waals surface area contributed by atoms with E-state index in [1.807, 2.05) is 11.3 Å². The van der Waals surface area contributed by atoms with Crippen LogP contribution in [0.4, 0.5) is 0 Å². The van der Waals surface area contributed by atoms with Crippen LogP contribution in [0.2, 0.25) is 0 Å². The van der Waals surface area contributed by atoms with Crippen molar-refractivity contribution < 1.29 is 0 Å². The van der Waals surface area contributed by atoms with E-state index in [9.17, 15) is 0 Å². The largest absolute Gasteiger partial charge is 0.248 e. The maximum Gasteiger partial charge on any atom is 0.0746 e. The molecule has 0 radical (unpaired) electrons. The van der Waals surface area contributed by atoms with Gasteiger partial charge in [0.2, 0.25) is 0 Å². The van der Waals surface area contributed by atoms with E-state index in [0.717, 1.165) is 16.6 Å². The van der Waals surface area contributed by atoms with E-state index in [1.54, 1.807) is 0 Å². The van der Waals surface area contributed by atoms with Gasteiger partial charge < -0.3 is 0 Å². The molecule has 7 aromatic carbocycles. The lowest BCUT2D eigenvalue weighted by Gasteiger charge is -2.32. The summed E-state index contributed by atoms with van der Waals surface area (Å²) in [6.07, 6.45) is 0. The molecule has 1 spiro atoms. The SMILES string of the molecule is c1ccc(-c2ccc(-c3cc(-c4cccc5c4C4(c6ccccc6-c6ccccc64)c4c-5sc5ccccc45)nc4ccccc34)cc2)cc1. The second-order valence-corrected chi connectivity index (χ2v) is 14.4. The molecule has 2 heterocycles. The summed E-state index contributed by atoms with van der Waals surface area (Å²) in [6.45, 7) is 0. The number of para-hydroxylation sites is 1. The molecule has 2 heteroatoms.